The molecule has 10 rings (SSSR count). The van der Waals surface area contributed by atoms with Crippen LogP contribution in [0.15, 0.2) is 34.1 Å². The molecule has 8 heterocycles. The lowest BCUT2D eigenvalue weighted by atomic mass is 10.1. The molecule has 0 unspecified atom stereocenters. The topological polar surface area (TPSA) is 214 Å². The quantitative estimate of drug-likeness (QED) is 0.0980. The summed E-state index contributed by atoms with van der Waals surface area (Å²) in [5.41, 5.74) is 5.10. The van der Waals surface area contributed by atoms with Crippen molar-refractivity contribution in [3.63, 3.8) is 0 Å². The van der Waals surface area contributed by atoms with Gasteiger partial charge in [-0.1, -0.05) is 25.7 Å². The van der Waals surface area contributed by atoms with Gasteiger partial charge in [0.05, 0.1) is 68.2 Å². The van der Waals surface area contributed by atoms with Crippen LogP contribution in [0.1, 0.15) is 130 Å². The zero-order chi connectivity index (χ0) is 57.7. The van der Waals surface area contributed by atoms with Crippen LogP contribution in [0.3, 0.4) is 0 Å². The highest BCUT2D eigenvalue weighted by atomic mass is 32.2. The molecule has 0 saturated carbocycles. The third-order valence-corrected chi connectivity index (χ3v) is 22.7. The van der Waals surface area contributed by atoms with Crippen LogP contribution >= 0.6 is 22.7 Å². The van der Waals surface area contributed by atoms with Crippen molar-refractivity contribution in [2.75, 3.05) is 93.0 Å². The molecule has 0 bridgehead atoms. The van der Waals surface area contributed by atoms with Crippen LogP contribution in [0.25, 0.3) is 0 Å². The molecule has 23 heteroatoms. The number of nitrogens with one attached hydrogen (secondary N) is 1. The van der Waals surface area contributed by atoms with Gasteiger partial charge in [-0.05, 0) is 152 Å². The summed E-state index contributed by atoms with van der Waals surface area (Å²) in [6.45, 7) is 18.0. The zero-order valence-electron chi connectivity index (χ0n) is 48.5. The minimum atomic E-state index is -3.72. The van der Waals surface area contributed by atoms with Gasteiger partial charge >= 0.3 is 5.97 Å². The van der Waals surface area contributed by atoms with Crippen molar-refractivity contribution in [1.82, 2.24) is 38.6 Å². The molecule has 0 spiro atoms. The number of hydrogen-bond acceptors (Lipinski definition) is 17. The van der Waals surface area contributed by atoms with Gasteiger partial charge in [-0.25, -0.2) is 31.6 Å². The molecule has 2 aromatic heterocycles. The maximum Gasteiger partial charge on any atom is 0.329 e. The largest absolute Gasteiger partial charge is 0.497 e. The van der Waals surface area contributed by atoms with E-state index in [1.807, 2.05) is 16.2 Å². The molecule has 19 nitrogen and oxygen atoms in total. The number of likely N-dealkylation sites (tertiary alicyclic amines) is 2. The van der Waals surface area contributed by atoms with Crippen molar-refractivity contribution in [3.8, 4) is 11.5 Å². The second-order valence-electron chi connectivity index (χ2n) is 22.3. The predicted octanol–water partition coefficient (Wildman–Crippen LogP) is 7.63. The van der Waals surface area contributed by atoms with E-state index in [1.54, 1.807) is 81.8 Å². The number of carboxylic acids is 1. The monoisotopic (exact) mass is 1200 g/mol. The Kier molecular flexibility index (Phi) is 23.0. The number of sulfonamides is 2. The lowest BCUT2D eigenvalue weighted by Crippen LogP contribution is -2.47. The fraction of sp³-hybridized carbons (Fsp3) is 0.655. The number of benzene rings is 2. The predicted molar refractivity (Wildman–Crippen MR) is 314 cm³/mol. The third-order valence-electron chi connectivity index (χ3n) is 16.1. The number of amides is 1. The first-order valence-corrected chi connectivity index (χ1v) is 33.6. The first-order chi connectivity index (χ1) is 38.9. The number of aromatic nitrogens is 2. The molecule has 6 aliphatic heterocycles. The summed E-state index contributed by atoms with van der Waals surface area (Å²) < 4.78 is 78.7. The van der Waals surface area contributed by atoms with E-state index in [-0.39, 0.29) is 37.8 Å². The smallest absolute Gasteiger partial charge is 0.329 e. The van der Waals surface area contributed by atoms with E-state index in [0.717, 1.165) is 94.9 Å². The molecule has 2 N–H and O–H groups in total. The van der Waals surface area contributed by atoms with Gasteiger partial charge in [-0.3, -0.25) is 14.6 Å². The van der Waals surface area contributed by atoms with Gasteiger partial charge in [0.2, 0.25) is 26.0 Å². The van der Waals surface area contributed by atoms with Crippen LogP contribution in [0.2, 0.25) is 0 Å². The molecule has 6 aliphatic rings. The van der Waals surface area contributed by atoms with Crippen LogP contribution in [0, 0.1) is 27.7 Å². The van der Waals surface area contributed by atoms with Crippen LogP contribution < -0.4 is 14.8 Å². The number of fused-ring (bicyclic) bond motifs is 2. The van der Waals surface area contributed by atoms with Gasteiger partial charge in [0.25, 0.3) is 0 Å². The van der Waals surface area contributed by atoms with E-state index in [1.165, 1.54) is 76.4 Å². The number of nitrogens with zero attached hydrogens (tertiary/aromatic N) is 7. The summed E-state index contributed by atoms with van der Waals surface area (Å²) in [6.07, 6.45) is 14.7. The molecular formula is C58H86N8O11S4. The second kappa shape index (κ2) is 29.6. The Morgan fingerprint density at radius 1 is 0.605 bits per heavy atom. The Morgan fingerprint density at radius 3 is 1.51 bits per heavy atom. The average molecular weight is 1200 g/mol. The van der Waals surface area contributed by atoms with Crippen LogP contribution in [-0.4, -0.2) is 172 Å². The number of ether oxygens (including phenoxy) is 4. The Hall–Kier alpha value is -4.14. The van der Waals surface area contributed by atoms with Crippen LogP contribution in [0.5, 0.6) is 11.5 Å². The number of piperidine rings is 4. The fourth-order valence-corrected chi connectivity index (χ4v) is 18.6. The van der Waals surface area contributed by atoms with Gasteiger partial charge in [-0.15, -0.1) is 22.7 Å². The van der Waals surface area contributed by atoms with Crippen molar-refractivity contribution in [2.24, 2.45) is 0 Å². The van der Waals surface area contributed by atoms with Gasteiger partial charge in [0.15, 0.2) is 0 Å². The first-order valence-electron chi connectivity index (χ1n) is 29.0. The summed E-state index contributed by atoms with van der Waals surface area (Å²) in [4.78, 5) is 43.5. The summed E-state index contributed by atoms with van der Waals surface area (Å²) in [5.74, 6) is 0.150. The molecule has 4 aromatic rings. The van der Waals surface area contributed by atoms with E-state index in [4.69, 9.17) is 34.0 Å². The molecule has 81 heavy (non-hydrogen) atoms. The number of carboxylic acid groups (broad SMARTS) is 1. The second-order valence-corrected chi connectivity index (χ2v) is 28.2. The standard InChI is InChI=1S/C29H42N4O5S2.C17H25NO6S.C12H19N3S/c1-21-15-24(37-3)16-22(2)29(21)40(35,36)33-13-8-5-9-23(33)19-38-20-28(34)32-14-10-25-26(17-32)39-27(30-25)18-31-11-6-4-7-12-31;1-12-8-15(23-3)9-13(2)17(12)25(21,22)18-7-5-4-6-14(18)10-24-11-16(19)20;1-2-6-15(7-3-1)9-12-14-10-4-5-13-8-11(10)16-12/h15-16,23H,4-14,17-20H2,1-3H3;8-9,14H,4-7,10-11H2,1-3H3,(H,19,20);13H,1-9H2/t23-;14-;/m00./s1. The van der Waals surface area contributed by atoms with E-state index >= 15 is 0 Å². The van der Waals surface area contributed by atoms with E-state index in [0.29, 0.717) is 76.1 Å². The Balaban J connectivity index is 0.000000177. The first kappa shape index (κ1) is 62.9. The minimum Gasteiger partial charge on any atom is -0.497 e. The van der Waals surface area contributed by atoms with Gasteiger partial charge in [0.1, 0.15) is 34.7 Å². The average Bonchev–Trinajstić information content (AvgIpc) is 4.11. The lowest BCUT2D eigenvalue weighted by Gasteiger charge is -2.35. The van der Waals surface area contributed by atoms with Crippen LogP contribution in [-0.2, 0) is 78.1 Å². The highest BCUT2D eigenvalue weighted by molar-refractivity contribution is 7.89. The van der Waals surface area contributed by atoms with E-state index in [9.17, 15) is 26.4 Å². The lowest BCUT2D eigenvalue weighted by molar-refractivity contribution is -0.142. The number of aliphatic carboxylic acids is 1. The molecular weight excluding hydrogens is 1110 g/mol. The Morgan fingerprint density at radius 2 is 1.05 bits per heavy atom. The van der Waals surface area contributed by atoms with Crippen LogP contribution in [0.4, 0.5) is 0 Å². The SMILES string of the molecule is C1CCN(Cc2nc3c(s2)CNCC3)CC1.COc1cc(C)c(S(=O)(=O)N2CCCC[C@H]2COCC(=O)N2CCc3nc(CN4CCCCC4)sc3C2)c(C)c1.COc1cc(C)c(S(=O)(=O)N2CCCC[C@H]2COCC(=O)O)c(C)c1. The van der Waals surface area contributed by atoms with Crippen molar-refractivity contribution < 1.29 is 50.5 Å². The molecule has 1 amide bonds. The molecule has 4 saturated heterocycles. The third kappa shape index (κ3) is 16.6. The number of methoxy groups -OCH3 is 2. The maximum atomic E-state index is 13.8. The number of hydrogen-bond donors (Lipinski definition) is 2. The number of carbonyl (C=O) groups excluding carboxylic acids is 1. The number of carbonyl (C=O) groups is 2. The minimum absolute atomic E-state index is 0.0419. The summed E-state index contributed by atoms with van der Waals surface area (Å²) in [6, 6.07) is 6.30. The summed E-state index contributed by atoms with van der Waals surface area (Å²) in [5, 5.41) is 14.6. The number of thiazole rings is 2. The van der Waals surface area contributed by atoms with E-state index in [2.05, 4.69) is 15.1 Å². The maximum absolute atomic E-state index is 13.8. The summed E-state index contributed by atoms with van der Waals surface area (Å²) >= 11 is 3.65. The highest BCUT2D eigenvalue weighted by Crippen LogP contribution is 2.35. The Bertz CT molecular complexity index is 2910. The molecule has 0 aliphatic carbocycles. The van der Waals surface area contributed by atoms with Crippen molar-refractivity contribution >= 4 is 54.6 Å². The molecule has 0 radical (unpaired) electrons. The normalized spacial score (nSPS) is 20.5. The van der Waals surface area contributed by atoms with Crippen molar-refractivity contribution in [1.29, 1.82) is 0 Å². The summed E-state index contributed by atoms with van der Waals surface area (Å²) in [7, 11) is -4.29. The number of rotatable bonds is 18. The van der Waals surface area contributed by atoms with E-state index < -0.39 is 32.6 Å². The van der Waals surface area contributed by atoms with Gasteiger partial charge in [0, 0.05) is 67.4 Å². The van der Waals surface area contributed by atoms with Crippen molar-refractivity contribution in [3.05, 3.63) is 77.7 Å². The van der Waals surface area contributed by atoms with Gasteiger partial charge in [-0.2, -0.15) is 8.61 Å². The van der Waals surface area contributed by atoms with Gasteiger partial charge < -0.3 is 34.3 Å². The molecule has 2 aromatic carbocycles. The fourth-order valence-electron chi connectivity index (χ4n) is 12.1. The number of aryl methyl sites for hydroxylation is 4. The molecule has 4 fully saturated rings. The molecule has 2 atom stereocenters. The van der Waals surface area contributed by atoms with Crippen molar-refractivity contribution in [2.45, 2.75) is 166 Å². The zero-order valence-corrected chi connectivity index (χ0v) is 51.7. The molecule has 448 valence electrons. The highest BCUT2D eigenvalue weighted by Gasteiger charge is 2.38. The Labute approximate surface area is 488 Å².